The molecule has 1 unspecified atom stereocenters. The minimum Gasteiger partial charge on any atom is -0.319 e. The smallest absolute Gasteiger partial charge is 0.0417 e. The van der Waals surface area contributed by atoms with Crippen LogP contribution in [0.4, 0.5) is 0 Å². The lowest BCUT2D eigenvalue weighted by molar-refractivity contribution is 0.315. The van der Waals surface area contributed by atoms with Crippen molar-refractivity contribution in [3.8, 4) is 0 Å². The van der Waals surface area contributed by atoms with Crippen LogP contribution in [0.25, 0.3) is 0 Å². The normalized spacial score (nSPS) is 21.0. The molecule has 94 valence electrons. The predicted octanol–water partition coefficient (Wildman–Crippen LogP) is 3.14. The van der Waals surface area contributed by atoms with Gasteiger partial charge in [-0.15, -0.1) is 0 Å². The molecule has 1 heterocycles. The SMILES string of the molecule is CNCC1CCN(Cc2ccc(Cl)cc2Br)C1. The highest BCUT2D eigenvalue weighted by Crippen LogP contribution is 2.25. The summed E-state index contributed by atoms with van der Waals surface area (Å²) in [5, 5.41) is 4.05. The van der Waals surface area contributed by atoms with Crippen LogP contribution < -0.4 is 5.32 Å². The molecule has 1 aromatic rings. The Labute approximate surface area is 116 Å². The van der Waals surface area contributed by atoms with Crippen molar-refractivity contribution in [2.75, 3.05) is 26.7 Å². The van der Waals surface area contributed by atoms with Crippen LogP contribution in [0.15, 0.2) is 22.7 Å². The van der Waals surface area contributed by atoms with E-state index in [9.17, 15) is 0 Å². The maximum atomic E-state index is 5.95. The van der Waals surface area contributed by atoms with Crippen LogP contribution in [0.1, 0.15) is 12.0 Å². The zero-order valence-electron chi connectivity index (χ0n) is 10.0. The Morgan fingerprint density at radius 3 is 3.06 bits per heavy atom. The third-order valence-electron chi connectivity index (χ3n) is 3.27. The van der Waals surface area contributed by atoms with Crippen molar-refractivity contribution in [1.82, 2.24) is 10.2 Å². The topological polar surface area (TPSA) is 15.3 Å². The molecule has 1 aliphatic heterocycles. The standard InChI is InChI=1S/C13H18BrClN2/c1-16-7-10-4-5-17(8-10)9-11-2-3-12(15)6-13(11)14/h2-3,6,10,16H,4-5,7-9H2,1H3. The van der Waals surface area contributed by atoms with Gasteiger partial charge in [-0.2, -0.15) is 0 Å². The lowest BCUT2D eigenvalue weighted by atomic mass is 10.1. The summed E-state index contributed by atoms with van der Waals surface area (Å²) in [6.45, 7) is 4.52. The van der Waals surface area contributed by atoms with Crippen molar-refractivity contribution in [3.63, 3.8) is 0 Å². The molecule has 0 saturated carbocycles. The van der Waals surface area contributed by atoms with Crippen molar-refractivity contribution in [2.45, 2.75) is 13.0 Å². The molecule has 1 N–H and O–H groups in total. The van der Waals surface area contributed by atoms with E-state index in [1.807, 2.05) is 19.2 Å². The van der Waals surface area contributed by atoms with Crippen molar-refractivity contribution in [2.24, 2.45) is 5.92 Å². The first kappa shape index (κ1) is 13.3. The summed E-state index contributed by atoms with van der Waals surface area (Å²) in [5.74, 6) is 0.797. The summed E-state index contributed by atoms with van der Waals surface area (Å²) in [7, 11) is 2.03. The number of benzene rings is 1. The summed E-state index contributed by atoms with van der Waals surface area (Å²) < 4.78 is 1.11. The fraction of sp³-hybridized carbons (Fsp3) is 0.538. The van der Waals surface area contributed by atoms with E-state index in [0.717, 1.165) is 28.5 Å². The molecule has 0 radical (unpaired) electrons. The number of hydrogen-bond donors (Lipinski definition) is 1. The minimum absolute atomic E-state index is 0.787. The van der Waals surface area contributed by atoms with Crippen LogP contribution in [0.2, 0.25) is 5.02 Å². The summed E-state index contributed by atoms with van der Waals surface area (Å²) in [5.41, 5.74) is 1.32. The monoisotopic (exact) mass is 316 g/mol. The minimum atomic E-state index is 0.787. The highest BCUT2D eigenvalue weighted by atomic mass is 79.9. The van der Waals surface area contributed by atoms with Crippen LogP contribution in [0.5, 0.6) is 0 Å². The van der Waals surface area contributed by atoms with Gasteiger partial charge in [0, 0.05) is 22.6 Å². The average molecular weight is 318 g/mol. The summed E-state index contributed by atoms with van der Waals surface area (Å²) in [6, 6.07) is 6.04. The van der Waals surface area contributed by atoms with Gasteiger partial charge in [-0.25, -0.2) is 0 Å². The number of halogens is 2. The molecule has 0 aliphatic carbocycles. The molecule has 1 atom stereocenters. The van der Waals surface area contributed by atoms with Crippen molar-refractivity contribution in [3.05, 3.63) is 33.3 Å². The van der Waals surface area contributed by atoms with E-state index < -0.39 is 0 Å². The van der Waals surface area contributed by atoms with Gasteiger partial charge in [0.05, 0.1) is 0 Å². The van der Waals surface area contributed by atoms with Gasteiger partial charge >= 0.3 is 0 Å². The summed E-state index contributed by atoms with van der Waals surface area (Å²) >= 11 is 9.52. The van der Waals surface area contributed by atoms with Gasteiger partial charge in [-0.3, -0.25) is 4.90 Å². The fourth-order valence-electron chi connectivity index (χ4n) is 2.40. The molecule has 17 heavy (non-hydrogen) atoms. The molecule has 0 aromatic heterocycles. The molecule has 1 saturated heterocycles. The van der Waals surface area contributed by atoms with Crippen LogP contribution in [-0.2, 0) is 6.54 Å². The Hall–Kier alpha value is -0.0900. The van der Waals surface area contributed by atoms with E-state index in [4.69, 9.17) is 11.6 Å². The van der Waals surface area contributed by atoms with Gasteiger partial charge in [0.2, 0.25) is 0 Å². The molecule has 0 bridgehead atoms. The second-order valence-corrected chi connectivity index (χ2v) is 5.97. The second kappa shape index (κ2) is 6.19. The van der Waals surface area contributed by atoms with Gasteiger partial charge in [0.25, 0.3) is 0 Å². The Balaban J connectivity index is 1.93. The fourth-order valence-corrected chi connectivity index (χ4v) is 3.21. The third-order valence-corrected chi connectivity index (χ3v) is 4.25. The maximum Gasteiger partial charge on any atom is 0.0417 e. The molecule has 1 fully saturated rings. The Morgan fingerprint density at radius 1 is 1.53 bits per heavy atom. The van der Waals surface area contributed by atoms with Gasteiger partial charge in [-0.05, 0) is 50.2 Å². The van der Waals surface area contributed by atoms with Gasteiger partial charge in [0.15, 0.2) is 0 Å². The van der Waals surface area contributed by atoms with E-state index in [-0.39, 0.29) is 0 Å². The zero-order valence-corrected chi connectivity index (χ0v) is 12.4. The Bertz CT molecular complexity index is 384. The zero-order chi connectivity index (χ0) is 12.3. The highest BCUT2D eigenvalue weighted by molar-refractivity contribution is 9.10. The summed E-state index contributed by atoms with van der Waals surface area (Å²) in [6.07, 6.45) is 1.30. The van der Waals surface area contributed by atoms with Gasteiger partial charge in [0.1, 0.15) is 0 Å². The lowest BCUT2D eigenvalue weighted by Crippen LogP contribution is -2.24. The Kier molecular flexibility index (Phi) is 4.86. The largest absolute Gasteiger partial charge is 0.319 e. The van der Waals surface area contributed by atoms with E-state index >= 15 is 0 Å². The third kappa shape index (κ3) is 3.68. The van der Waals surface area contributed by atoms with Crippen LogP contribution in [0.3, 0.4) is 0 Å². The molecule has 2 nitrogen and oxygen atoms in total. The average Bonchev–Trinajstić information content (AvgIpc) is 2.71. The second-order valence-electron chi connectivity index (χ2n) is 4.68. The van der Waals surface area contributed by atoms with Crippen LogP contribution in [0, 0.1) is 5.92 Å². The van der Waals surface area contributed by atoms with E-state index in [2.05, 4.69) is 32.2 Å². The molecular weight excluding hydrogens is 300 g/mol. The van der Waals surface area contributed by atoms with Gasteiger partial charge in [-0.1, -0.05) is 33.6 Å². The predicted molar refractivity (Wildman–Crippen MR) is 76.5 cm³/mol. The summed E-state index contributed by atoms with van der Waals surface area (Å²) in [4.78, 5) is 2.51. The van der Waals surface area contributed by atoms with Gasteiger partial charge < -0.3 is 5.32 Å². The lowest BCUT2D eigenvalue weighted by Gasteiger charge is -2.17. The van der Waals surface area contributed by atoms with E-state index in [1.165, 1.54) is 25.1 Å². The molecular formula is C13H18BrClN2. The molecule has 0 spiro atoms. The molecule has 2 rings (SSSR count). The number of nitrogens with zero attached hydrogens (tertiary/aromatic N) is 1. The van der Waals surface area contributed by atoms with E-state index in [1.54, 1.807) is 0 Å². The van der Waals surface area contributed by atoms with E-state index in [0.29, 0.717) is 0 Å². The first-order chi connectivity index (χ1) is 8.19. The number of rotatable bonds is 4. The molecule has 4 heteroatoms. The first-order valence-electron chi connectivity index (χ1n) is 6.00. The van der Waals surface area contributed by atoms with Crippen molar-refractivity contribution < 1.29 is 0 Å². The Morgan fingerprint density at radius 2 is 2.35 bits per heavy atom. The first-order valence-corrected chi connectivity index (χ1v) is 7.17. The quantitative estimate of drug-likeness (QED) is 0.918. The highest BCUT2D eigenvalue weighted by Gasteiger charge is 2.22. The maximum absolute atomic E-state index is 5.95. The number of nitrogens with one attached hydrogen (secondary N) is 1. The number of likely N-dealkylation sites (tertiary alicyclic amines) is 1. The molecule has 1 aromatic carbocycles. The van der Waals surface area contributed by atoms with Crippen LogP contribution in [-0.4, -0.2) is 31.6 Å². The van der Waals surface area contributed by atoms with Crippen molar-refractivity contribution in [1.29, 1.82) is 0 Å². The molecule has 0 amide bonds. The van der Waals surface area contributed by atoms with Crippen molar-refractivity contribution >= 4 is 27.5 Å². The number of hydrogen-bond acceptors (Lipinski definition) is 2. The van der Waals surface area contributed by atoms with Crippen LogP contribution >= 0.6 is 27.5 Å². The molecule has 1 aliphatic rings.